The van der Waals surface area contributed by atoms with E-state index >= 15 is 0 Å². The number of nitrogens with zero attached hydrogens (tertiary/aromatic N) is 3. The Bertz CT molecular complexity index is 1060. The van der Waals surface area contributed by atoms with Crippen LogP contribution in [0.2, 0.25) is 0 Å². The Hall–Kier alpha value is -3.15. The van der Waals surface area contributed by atoms with Gasteiger partial charge in [0.25, 0.3) is 5.92 Å². The molecule has 1 aliphatic carbocycles. The van der Waals surface area contributed by atoms with E-state index in [4.69, 9.17) is 0 Å². The van der Waals surface area contributed by atoms with Crippen LogP contribution in [0.4, 0.5) is 31.5 Å². The van der Waals surface area contributed by atoms with Crippen molar-refractivity contribution in [2.45, 2.75) is 31.1 Å². The minimum atomic E-state index is -2.55. The van der Waals surface area contributed by atoms with Crippen LogP contribution in [0.5, 0.6) is 0 Å². The molecule has 1 N–H and O–H groups in total. The fraction of sp³-hybridized carbons (Fsp3) is 0.346. The van der Waals surface area contributed by atoms with Crippen LogP contribution in [0.25, 0.3) is 0 Å². The van der Waals surface area contributed by atoms with E-state index in [1.165, 1.54) is 24.0 Å². The van der Waals surface area contributed by atoms with Crippen molar-refractivity contribution in [3.05, 3.63) is 78.1 Å². The zero-order chi connectivity index (χ0) is 22.1. The van der Waals surface area contributed by atoms with Crippen molar-refractivity contribution < 1.29 is 8.78 Å². The highest BCUT2D eigenvalue weighted by atomic mass is 19.3. The van der Waals surface area contributed by atoms with Crippen molar-refractivity contribution in [2.75, 3.05) is 41.8 Å². The van der Waals surface area contributed by atoms with Crippen molar-refractivity contribution in [1.29, 1.82) is 0 Å². The first-order valence-electron chi connectivity index (χ1n) is 11.2. The highest BCUT2D eigenvalue weighted by Gasteiger charge is 2.43. The molecule has 32 heavy (non-hydrogen) atoms. The third kappa shape index (κ3) is 4.27. The maximum Gasteiger partial charge on any atom is 0.282 e. The molecule has 3 aromatic rings. The van der Waals surface area contributed by atoms with Crippen LogP contribution in [-0.4, -0.2) is 37.6 Å². The standard InChI is InChI=1S/C26H28F2N4/c1-31(22-7-9-23(10-8-22)32-17-26(27,28)18-32)24-11-12-25-19(14-24)4-2-5-20(25)15-30-21-6-3-13-29-16-21/h3,6-14,16,20,30H,2,4-5,15,17-18H2,1H3/t20-/m0/s1. The molecule has 1 saturated heterocycles. The smallest absolute Gasteiger partial charge is 0.282 e. The Kier molecular flexibility index (Phi) is 5.45. The number of rotatable bonds is 6. The van der Waals surface area contributed by atoms with E-state index in [1.54, 1.807) is 11.1 Å². The molecule has 0 radical (unpaired) electrons. The Morgan fingerprint density at radius 1 is 1.09 bits per heavy atom. The van der Waals surface area contributed by atoms with Crippen LogP contribution in [0.1, 0.15) is 29.9 Å². The number of benzene rings is 2. The predicted molar refractivity (Wildman–Crippen MR) is 127 cm³/mol. The first-order chi connectivity index (χ1) is 15.5. The van der Waals surface area contributed by atoms with E-state index in [2.05, 4.69) is 40.4 Å². The molecule has 4 nitrogen and oxygen atoms in total. The zero-order valence-corrected chi connectivity index (χ0v) is 18.3. The third-order valence-corrected chi connectivity index (χ3v) is 6.61. The molecular formula is C26H28F2N4. The van der Waals surface area contributed by atoms with Gasteiger partial charge in [-0.15, -0.1) is 0 Å². The molecule has 1 atom stereocenters. The molecule has 0 amide bonds. The summed E-state index contributed by atoms with van der Waals surface area (Å²) in [6.07, 6.45) is 7.13. The molecule has 2 heterocycles. The molecule has 1 aliphatic heterocycles. The highest BCUT2D eigenvalue weighted by Crippen LogP contribution is 2.37. The number of aryl methyl sites for hydroxylation is 1. The van der Waals surface area contributed by atoms with Gasteiger partial charge in [-0.3, -0.25) is 4.98 Å². The van der Waals surface area contributed by atoms with Crippen molar-refractivity contribution in [3.8, 4) is 0 Å². The molecule has 1 fully saturated rings. The summed E-state index contributed by atoms with van der Waals surface area (Å²) in [6, 6.07) is 18.6. The van der Waals surface area contributed by atoms with Gasteiger partial charge in [-0.2, -0.15) is 0 Å². The second-order valence-electron chi connectivity index (χ2n) is 8.88. The van der Waals surface area contributed by atoms with Crippen molar-refractivity contribution in [1.82, 2.24) is 4.98 Å². The molecule has 0 unspecified atom stereocenters. The number of pyridine rings is 1. The fourth-order valence-corrected chi connectivity index (χ4v) is 4.76. The lowest BCUT2D eigenvalue weighted by Crippen LogP contribution is -2.56. The van der Waals surface area contributed by atoms with Gasteiger partial charge < -0.3 is 15.1 Å². The van der Waals surface area contributed by atoms with E-state index in [-0.39, 0.29) is 13.1 Å². The Labute approximate surface area is 187 Å². The summed E-state index contributed by atoms with van der Waals surface area (Å²) in [5.74, 6) is -2.06. The summed E-state index contributed by atoms with van der Waals surface area (Å²) in [5, 5.41) is 3.52. The largest absolute Gasteiger partial charge is 0.383 e. The molecular weight excluding hydrogens is 406 g/mol. The summed E-state index contributed by atoms with van der Waals surface area (Å²) in [4.78, 5) is 8.05. The van der Waals surface area contributed by atoms with Crippen LogP contribution in [0.3, 0.4) is 0 Å². The van der Waals surface area contributed by atoms with Crippen LogP contribution < -0.4 is 15.1 Å². The summed E-state index contributed by atoms with van der Waals surface area (Å²) in [5.41, 5.74) is 6.94. The molecule has 2 aromatic carbocycles. The van der Waals surface area contributed by atoms with Gasteiger partial charge in [-0.05, 0) is 78.9 Å². The molecule has 5 rings (SSSR count). The number of aromatic nitrogens is 1. The van der Waals surface area contributed by atoms with Gasteiger partial charge in [0.2, 0.25) is 0 Å². The molecule has 1 aromatic heterocycles. The number of hydrogen-bond donors (Lipinski definition) is 1. The van der Waals surface area contributed by atoms with E-state index < -0.39 is 5.92 Å². The second kappa shape index (κ2) is 8.41. The van der Waals surface area contributed by atoms with Gasteiger partial charge in [-0.1, -0.05) is 6.07 Å². The summed E-state index contributed by atoms with van der Waals surface area (Å²) in [7, 11) is 2.05. The quantitative estimate of drug-likeness (QED) is 0.528. The van der Waals surface area contributed by atoms with Gasteiger partial charge in [0.1, 0.15) is 0 Å². The minimum Gasteiger partial charge on any atom is -0.383 e. The van der Waals surface area contributed by atoms with Crippen LogP contribution in [0.15, 0.2) is 67.0 Å². The lowest BCUT2D eigenvalue weighted by Gasteiger charge is -2.40. The normalized spacial score (nSPS) is 19.1. The first kappa shape index (κ1) is 20.7. The number of hydrogen-bond acceptors (Lipinski definition) is 4. The molecule has 2 aliphatic rings. The van der Waals surface area contributed by atoms with E-state index in [1.807, 2.05) is 42.6 Å². The van der Waals surface area contributed by atoms with Crippen molar-refractivity contribution in [2.24, 2.45) is 0 Å². The molecule has 6 heteroatoms. The lowest BCUT2D eigenvalue weighted by atomic mass is 9.82. The predicted octanol–water partition coefficient (Wildman–Crippen LogP) is 5.84. The lowest BCUT2D eigenvalue weighted by molar-refractivity contribution is -0.0262. The van der Waals surface area contributed by atoms with Crippen LogP contribution in [0, 0.1) is 0 Å². The average Bonchev–Trinajstić information content (AvgIpc) is 2.81. The third-order valence-electron chi connectivity index (χ3n) is 6.61. The molecule has 0 spiro atoms. The van der Waals surface area contributed by atoms with Crippen LogP contribution in [-0.2, 0) is 6.42 Å². The number of halogens is 2. The molecule has 166 valence electrons. The van der Waals surface area contributed by atoms with Gasteiger partial charge in [0.15, 0.2) is 0 Å². The van der Waals surface area contributed by atoms with Crippen molar-refractivity contribution in [3.63, 3.8) is 0 Å². The highest BCUT2D eigenvalue weighted by molar-refractivity contribution is 5.67. The first-order valence-corrected chi connectivity index (χ1v) is 11.2. The van der Waals surface area contributed by atoms with E-state index in [9.17, 15) is 8.78 Å². The van der Waals surface area contributed by atoms with Gasteiger partial charge in [-0.25, -0.2) is 8.78 Å². The Morgan fingerprint density at radius 2 is 1.88 bits per heavy atom. The Morgan fingerprint density at radius 3 is 2.59 bits per heavy atom. The molecule has 0 saturated carbocycles. The SMILES string of the molecule is CN(c1ccc(N2CC(F)(F)C2)cc1)c1ccc2c(c1)CCC[C@H]2CNc1cccnc1. The number of fused-ring (bicyclic) bond motifs is 1. The summed E-state index contributed by atoms with van der Waals surface area (Å²) >= 11 is 0. The fourth-order valence-electron chi connectivity index (χ4n) is 4.76. The number of anilines is 4. The van der Waals surface area contributed by atoms with E-state index in [0.29, 0.717) is 5.92 Å². The number of nitrogens with one attached hydrogen (secondary N) is 1. The monoisotopic (exact) mass is 434 g/mol. The maximum absolute atomic E-state index is 13.1. The Balaban J connectivity index is 1.28. The minimum absolute atomic E-state index is 0.191. The molecule has 0 bridgehead atoms. The summed E-state index contributed by atoms with van der Waals surface area (Å²) < 4.78 is 26.3. The second-order valence-corrected chi connectivity index (χ2v) is 8.88. The van der Waals surface area contributed by atoms with E-state index in [0.717, 1.165) is 35.7 Å². The topological polar surface area (TPSA) is 31.4 Å². The van der Waals surface area contributed by atoms with Gasteiger partial charge in [0.05, 0.1) is 18.8 Å². The average molecular weight is 435 g/mol. The zero-order valence-electron chi connectivity index (χ0n) is 18.3. The van der Waals surface area contributed by atoms with Crippen molar-refractivity contribution >= 4 is 22.7 Å². The summed E-state index contributed by atoms with van der Waals surface area (Å²) in [6.45, 7) is 0.526. The van der Waals surface area contributed by atoms with Gasteiger partial charge >= 0.3 is 0 Å². The van der Waals surface area contributed by atoms with Gasteiger partial charge in [0, 0.05) is 49.0 Å². The number of alkyl halides is 2. The maximum atomic E-state index is 13.1. The van der Waals surface area contributed by atoms with Crippen LogP contribution >= 0.6 is 0 Å².